The molecular formula is C31H51NO. The lowest BCUT2D eigenvalue weighted by molar-refractivity contribution is -0.0642. The predicted octanol–water partition coefficient (Wildman–Crippen LogP) is 7.48. The van der Waals surface area contributed by atoms with Crippen molar-refractivity contribution in [3.05, 3.63) is 11.6 Å². The van der Waals surface area contributed by atoms with Crippen LogP contribution in [-0.4, -0.2) is 36.2 Å². The molecule has 0 spiro atoms. The van der Waals surface area contributed by atoms with Crippen LogP contribution in [0, 0.1) is 46.3 Å². The number of allylic oxidation sites excluding steroid dienone is 1. The standard InChI is InChI=1S/C31H51NO/c1-6-7-16-33-23-12-14-30(4)22(17-23)9-10-24-25(30)13-15-31(5)26(24)18-28-29(31)21(3)27-11-8-20(2)19-32(27)28/h9,20-21,23-29H,6-8,10-19H2,1-5H3/t20-,21?,23-,24?,25?,26?,27?,28?,29?,30-,31-/m0/s1. The lowest BCUT2D eigenvalue weighted by Gasteiger charge is -2.58. The Morgan fingerprint density at radius 2 is 1.88 bits per heavy atom. The van der Waals surface area contributed by atoms with E-state index in [1.807, 2.05) is 0 Å². The first kappa shape index (κ1) is 23.1. The van der Waals surface area contributed by atoms with E-state index in [1.165, 1.54) is 77.2 Å². The van der Waals surface area contributed by atoms with Gasteiger partial charge in [-0.25, -0.2) is 0 Å². The summed E-state index contributed by atoms with van der Waals surface area (Å²) in [5, 5.41) is 0. The van der Waals surface area contributed by atoms with Gasteiger partial charge in [0.15, 0.2) is 0 Å². The molecule has 2 saturated heterocycles. The van der Waals surface area contributed by atoms with Crippen molar-refractivity contribution in [1.29, 1.82) is 0 Å². The fourth-order valence-electron chi connectivity index (χ4n) is 10.9. The van der Waals surface area contributed by atoms with Gasteiger partial charge in [-0.3, -0.25) is 4.90 Å². The Morgan fingerprint density at radius 3 is 2.70 bits per heavy atom. The van der Waals surface area contributed by atoms with Crippen molar-refractivity contribution in [2.45, 2.75) is 123 Å². The quantitative estimate of drug-likeness (QED) is 0.323. The molecule has 186 valence electrons. The van der Waals surface area contributed by atoms with Crippen LogP contribution in [-0.2, 0) is 4.74 Å². The van der Waals surface area contributed by atoms with Crippen LogP contribution in [0.4, 0.5) is 0 Å². The third-order valence-corrected chi connectivity index (χ3v) is 12.5. The molecule has 6 aliphatic rings. The van der Waals surface area contributed by atoms with Gasteiger partial charge in [0.1, 0.15) is 0 Å². The number of unbranched alkanes of at least 4 members (excludes halogenated alkanes) is 1. The molecule has 0 N–H and O–H groups in total. The maximum atomic E-state index is 6.31. The van der Waals surface area contributed by atoms with E-state index >= 15 is 0 Å². The number of nitrogens with zero attached hydrogens (tertiary/aromatic N) is 1. The minimum atomic E-state index is 0.459. The summed E-state index contributed by atoms with van der Waals surface area (Å²) in [5.74, 6) is 5.60. The van der Waals surface area contributed by atoms with Gasteiger partial charge in [-0.15, -0.1) is 0 Å². The van der Waals surface area contributed by atoms with Gasteiger partial charge in [0.2, 0.25) is 0 Å². The fraction of sp³-hybridized carbons (Fsp3) is 0.935. The molecule has 0 amide bonds. The number of piperidine rings is 1. The third-order valence-electron chi connectivity index (χ3n) is 12.5. The number of fused-ring (bicyclic) bond motifs is 9. The van der Waals surface area contributed by atoms with Crippen molar-refractivity contribution in [3.63, 3.8) is 0 Å². The zero-order valence-electron chi connectivity index (χ0n) is 22.3. The Bertz CT molecular complexity index is 775. The SMILES string of the molecule is CCCCO[C@H]1CC[C@@]2(C)C(=CCC3C4CC5C(C(C)C6CC[C@H](C)CN65)[C@@]4(C)CCC32)C1. The Hall–Kier alpha value is -0.340. The largest absolute Gasteiger partial charge is 0.378 e. The van der Waals surface area contributed by atoms with Gasteiger partial charge in [-0.05, 0) is 111 Å². The lowest BCUT2D eigenvalue weighted by atomic mass is 9.47. The molecule has 5 fully saturated rings. The summed E-state index contributed by atoms with van der Waals surface area (Å²) in [5.41, 5.74) is 2.84. The maximum absolute atomic E-state index is 6.31. The molecule has 0 radical (unpaired) electrons. The van der Waals surface area contributed by atoms with Gasteiger partial charge in [-0.2, -0.15) is 0 Å². The normalized spacial score (nSPS) is 53.5. The first-order chi connectivity index (χ1) is 15.9. The lowest BCUT2D eigenvalue weighted by Crippen LogP contribution is -2.51. The minimum absolute atomic E-state index is 0.459. The second-order valence-electron chi connectivity index (χ2n) is 14.0. The summed E-state index contributed by atoms with van der Waals surface area (Å²) >= 11 is 0. The number of ether oxygens (including phenoxy) is 1. The Kier molecular flexibility index (Phi) is 5.85. The van der Waals surface area contributed by atoms with E-state index < -0.39 is 0 Å². The molecule has 2 heterocycles. The highest BCUT2D eigenvalue weighted by Gasteiger charge is 2.66. The highest BCUT2D eigenvalue weighted by Crippen LogP contribution is 2.69. The third kappa shape index (κ3) is 3.39. The average molecular weight is 454 g/mol. The van der Waals surface area contributed by atoms with Crippen molar-refractivity contribution < 1.29 is 4.74 Å². The van der Waals surface area contributed by atoms with E-state index in [1.54, 1.807) is 5.57 Å². The molecule has 0 bridgehead atoms. The number of hydrogen-bond acceptors (Lipinski definition) is 2. The van der Waals surface area contributed by atoms with Crippen molar-refractivity contribution in [1.82, 2.24) is 4.90 Å². The van der Waals surface area contributed by atoms with Crippen molar-refractivity contribution in [2.75, 3.05) is 13.2 Å². The van der Waals surface area contributed by atoms with E-state index in [0.29, 0.717) is 16.9 Å². The monoisotopic (exact) mass is 453 g/mol. The summed E-state index contributed by atoms with van der Waals surface area (Å²) in [6, 6.07) is 1.78. The molecule has 11 atom stereocenters. The van der Waals surface area contributed by atoms with Crippen molar-refractivity contribution in [3.8, 4) is 0 Å². The van der Waals surface area contributed by atoms with Gasteiger partial charge in [-0.1, -0.05) is 52.7 Å². The first-order valence-electron chi connectivity index (χ1n) is 14.9. The first-order valence-corrected chi connectivity index (χ1v) is 14.9. The molecule has 33 heavy (non-hydrogen) atoms. The molecule has 2 nitrogen and oxygen atoms in total. The van der Waals surface area contributed by atoms with Crippen LogP contribution in [0.2, 0.25) is 0 Å². The summed E-state index contributed by atoms with van der Waals surface area (Å²) < 4.78 is 6.31. The molecule has 3 saturated carbocycles. The van der Waals surface area contributed by atoms with Crippen LogP contribution >= 0.6 is 0 Å². The smallest absolute Gasteiger partial charge is 0.0612 e. The van der Waals surface area contributed by atoms with Crippen molar-refractivity contribution in [2.24, 2.45) is 46.3 Å². The van der Waals surface area contributed by atoms with E-state index in [-0.39, 0.29) is 0 Å². The van der Waals surface area contributed by atoms with Crippen LogP contribution in [0.3, 0.4) is 0 Å². The molecule has 4 aliphatic carbocycles. The Balaban J connectivity index is 1.23. The van der Waals surface area contributed by atoms with Crippen molar-refractivity contribution >= 4 is 0 Å². The second kappa shape index (κ2) is 8.36. The Morgan fingerprint density at radius 1 is 1.03 bits per heavy atom. The van der Waals surface area contributed by atoms with Gasteiger partial charge in [0.25, 0.3) is 0 Å². The number of hydrogen-bond donors (Lipinski definition) is 0. The summed E-state index contributed by atoms with van der Waals surface area (Å²) in [6.45, 7) is 15.2. The minimum Gasteiger partial charge on any atom is -0.378 e. The molecule has 0 aromatic heterocycles. The van der Waals surface area contributed by atoms with Crippen LogP contribution < -0.4 is 0 Å². The molecule has 2 heteroatoms. The topological polar surface area (TPSA) is 12.5 Å². The molecule has 6 rings (SSSR count). The van der Waals surface area contributed by atoms with E-state index in [2.05, 4.69) is 45.6 Å². The van der Waals surface area contributed by atoms with Gasteiger partial charge >= 0.3 is 0 Å². The summed E-state index contributed by atoms with van der Waals surface area (Å²) in [7, 11) is 0. The second-order valence-corrected chi connectivity index (χ2v) is 14.0. The summed E-state index contributed by atoms with van der Waals surface area (Å²) in [6.07, 6.45) is 18.4. The zero-order chi connectivity index (χ0) is 23.0. The van der Waals surface area contributed by atoms with Gasteiger partial charge < -0.3 is 4.74 Å². The molecule has 0 aromatic carbocycles. The highest BCUT2D eigenvalue weighted by molar-refractivity contribution is 5.26. The van der Waals surface area contributed by atoms with Gasteiger partial charge in [0, 0.05) is 25.2 Å². The van der Waals surface area contributed by atoms with Gasteiger partial charge in [0.05, 0.1) is 6.10 Å². The molecule has 7 unspecified atom stereocenters. The maximum Gasteiger partial charge on any atom is 0.0612 e. The van der Waals surface area contributed by atoms with Crippen LogP contribution in [0.25, 0.3) is 0 Å². The molecule has 0 aromatic rings. The predicted molar refractivity (Wildman–Crippen MR) is 137 cm³/mol. The summed E-state index contributed by atoms with van der Waals surface area (Å²) in [4.78, 5) is 3.05. The Labute approximate surface area is 204 Å². The number of rotatable bonds is 4. The fourth-order valence-corrected chi connectivity index (χ4v) is 10.9. The highest BCUT2D eigenvalue weighted by atomic mass is 16.5. The van der Waals surface area contributed by atoms with E-state index in [4.69, 9.17) is 4.74 Å². The van der Waals surface area contributed by atoms with Crippen LogP contribution in [0.5, 0.6) is 0 Å². The van der Waals surface area contributed by atoms with Crippen LogP contribution in [0.15, 0.2) is 11.6 Å². The van der Waals surface area contributed by atoms with Crippen LogP contribution in [0.1, 0.15) is 105 Å². The molecule has 2 aliphatic heterocycles. The average Bonchev–Trinajstić information content (AvgIpc) is 3.26. The van der Waals surface area contributed by atoms with E-state index in [0.717, 1.165) is 54.2 Å². The zero-order valence-corrected chi connectivity index (χ0v) is 22.3. The van der Waals surface area contributed by atoms with E-state index in [9.17, 15) is 0 Å². The molecular weight excluding hydrogens is 402 g/mol.